The normalized spacial score (nSPS) is 11.9. The molecule has 4 heteroatoms. The van der Waals surface area contributed by atoms with Gasteiger partial charge in [0.1, 0.15) is 5.75 Å². The molecule has 20 heavy (non-hydrogen) atoms. The molecule has 2 aromatic rings. The molecular weight excluding hydrogens is 252 g/mol. The van der Waals surface area contributed by atoms with Crippen LogP contribution in [-0.2, 0) is 4.79 Å². The molecule has 4 N–H and O–H groups in total. The molecule has 1 atom stereocenters. The zero-order valence-corrected chi connectivity index (χ0v) is 11.4. The minimum atomic E-state index is -0.392. The number of primary amides is 1. The van der Waals surface area contributed by atoms with Crippen molar-refractivity contribution in [1.29, 1.82) is 0 Å². The second kappa shape index (κ2) is 6.21. The van der Waals surface area contributed by atoms with Gasteiger partial charge in [-0.25, -0.2) is 0 Å². The number of rotatable bonds is 5. The van der Waals surface area contributed by atoms with E-state index in [1.54, 1.807) is 7.11 Å². The third-order valence-electron chi connectivity index (χ3n) is 3.18. The molecule has 4 nitrogen and oxygen atoms in total. The van der Waals surface area contributed by atoms with Gasteiger partial charge in [-0.2, -0.15) is 0 Å². The van der Waals surface area contributed by atoms with E-state index in [1.165, 1.54) is 0 Å². The van der Waals surface area contributed by atoms with E-state index >= 15 is 0 Å². The molecule has 2 rings (SSSR count). The predicted octanol–water partition coefficient (Wildman–Crippen LogP) is 2.24. The standard InChI is InChI=1S/C16H18N2O2/c1-20-14-8-6-12(7-9-14)11-2-4-13(5-3-11)15(17)10-16(18)19/h2-9,15H,10,17H2,1H3,(H2,18,19). The minimum absolute atomic E-state index is 0.155. The van der Waals surface area contributed by atoms with E-state index in [2.05, 4.69) is 0 Å². The quantitative estimate of drug-likeness (QED) is 0.874. The zero-order chi connectivity index (χ0) is 14.5. The summed E-state index contributed by atoms with van der Waals surface area (Å²) in [5.74, 6) is 0.436. The van der Waals surface area contributed by atoms with Gasteiger partial charge in [0.2, 0.25) is 5.91 Å². The van der Waals surface area contributed by atoms with Crippen molar-refractivity contribution in [3.8, 4) is 16.9 Å². The highest BCUT2D eigenvalue weighted by atomic mass is 16.5. The van der Waals surface area contributed by atoms with Crippen LogP contribution in [0.15, 0.2) is 48.5 Å². The van der Waals surface area contributed by atoms with Crippen LogP contribution in [0.5, 0.6) is 5.75 Å². The van der Waals surface area contributed by atoms with Crippen LogP contribution < -0.4 is 16.2 Å². The van der Waals surface area contributed by atoms with Gasteiger partial charge in [0.05, 0.1) is 7.11 Å². The van der Waals surface area contributed by atoms with Gasteiger partial charge in [0, 0.05) is 12.5 Å². The fourth-order valence-corrected chi connectivity index (χ4v) is 2.04. The second-order valence-corrected chi connectivity index (χ2v) is 4.63. The number of hydrogen-bond acceptors (Lipinski definition) is 3. The van der Waals surface area contributed by atoms with Gasteiger partial charge >= 0.3 is 0 Å². The molecule has 0 aliphatic rings. The van der Waals surface area contributed by atoms with E-state index in [9.17, 15) is 4.79 Å². The van der Waals surface area contributed by atoms with E-state index in [0.717, 1.165) is 22.4 Å². The van der Waals surface area contributed by atoms with Crippen LogP contribution in [0.3, 0.4) is 0 Å². The number of methoxy groups -OCH3 is 1. The van der Waals surface area contributed by atoms with E-state index in [0.29, 0.717) is 0 Å². The molecule has 104 valence electrons. The lowest BCUT2D eigenvalue weighted by molar-refractivity contribution is -0.118. The summed E-state index contributed by atoms with van der Waals surface area (Å²) >= 11 is 0. The molecule has 0 saturated heterocycles. The molecule has 0 radical (unpaired) electrons. The first-order valence-electron chi connectivity index (χ1n) is 6.38. The van der Waals surface area contributed by atoms with Crippen molar-refractivity contribution in [3.05, 3.63) is 54.1 Å². The molecule has 1 unspecified atom stereocenters. The maximum Gasteiger partial charge on any atom is 0.219 e. The number of nitrogens with two attached hydrogens (primary N) is 2. The summed E-state index contributed by atoms with van der Waals surface area (Å²) in [4.78, 5) is 10.9. The lowest BCUT2D eigenvalue weighted by Crippen LogP contribution is -2.20. The van der Waals surface area contributed by atoms with E-state index in [4.69, 9.17) is 16.2 Å². The topological polar surface area (TPSA) is 78.3 Å². The molecule has 0 aromatic heterocycles. The van der Waals surface area contributed by atoms with Crippen LogP contribution in [0.1, 0.15) is 18.0 Å². The molecule has 0 fully saturated rings. The molecule has 0 spiro atoms. The van der Waals surface area contributed by atoms with Crippen molar-refractivity contribution in [2.24, 2.45) is 11.5 Å². The molecule has 0 bridgehead atoms. The van der Waals surface area contributed by atoms with Crippen LogP contribution in [-0.4, -0.2) is 13.0 Å². The van der Waals surface area contributed by atoms with E-state index in [-0.39, 0.29) is 12.5 Å². The monoisotopic (exact) mass is 270 g/mol. The smallest absolute Gasteiger partial charge is 0.219 e. The molecule has 2 aromatic carbocycles. The van der Waals surface area contributed by atoms with Gasteiger partial charge in [-0.15, -0.1) is 0 Å². The molecule has 0 aliphatic carbocycles. The molecule has 0 heterocycles. The average Bonchev–Trinajstić information content (AvgIpc) is 2.47. The van der Waals surface area contributed by atoms with Crippen LogP contribution in [0, 0.1) is 0 Å². The van der Waals surface area contributed by atoms with Crippen LogP contribution in [0.2, 0.25) is 0 Å². The fraction of sp³-hybridized carbons (Fsp3) is 0.188. The second-order valence-electron chi connectivity index (χ2n) is 4.63. The zero-order valence-electron chi connectivity index (χ0n) is 11.4. The van der Waals surface area contributed by atoms with Gasteiger partial charge < -0.3 is 16.2 Å². The van der Waals surface area contributed by atoms with E-state index < -0.39 is 5.91 Å². The lowest BCUT2D eigenvalue weighted by Gasteiger charge is -2.11. The number of carbonyl (C=O) groups excluding carboxylic acids is 1. The first kappa shape index (κ1) is 14.1. The summed E-state index contributed by atoms with van der Waals surface area (Å²) in [7, 11) is 1.64. The summed E-state index contributed by atoms with van der Waals surface area (Å²) < 4.78 is 5.13. The number of hydrogen-bond donors (Lipinski definition) is 2. The molecular formula is C16H18N2O2. The summed E-state index contributed by atoms with van der Waals surface area (Å²) in [6, 6.07) is 15.3. The summed E-state index contributed by atoms with van der Waals surface area (Å²) in [5.41, 5.74) is 14.1. The first-order valence-corrected chi connectivity index (χ1v) is 6.38. The Morgan fingerprint density at radius 1 is 1.05 bits per heavy atom. The van der Waals surface area contributed by atoms with Gasteiger partial charge in [-0.1, -0.05) is 36.4 Å². The number of carbonyl (C=O) groups is 1. The third-order valence-corrected chi connectivity index (χ3v) is 3.18. The van der Waals surface area contributed by atoms with Crippen LogP contribution in [0.25, 0.3) is 11.1 Å². The van der Waals surface area contributed by atoms with Gasteiger partial charge in [-0.3, -0.25) is 4.79 Å². The summed E-state index contributed by atoms with van der Waals surface area (Å²) in [6.45, 7) is 0. The Kier molecular flexibility index (Phi) is 4.38. The lowest BCUT2D eigenvalue weighted by atomic mass is 9.99. The predicted molar refractivity (Wildman–Crippen MR) is 79.2 cm³/mol. The number of amides is 1. The van der Waals surface area contributed by atoms with Gasteiger partial charge in [-0.05, 0) is 28.8 Å². The Morgan fingerprint density at radius 2 is 1.55 bits per heavy atom. The Morgan fingerprint density at radius 3 is 2.00 bits per heavy atom. The number of ether oxygens (including phenoxy) is 1. The highest BCUT2D eigenvalue weighted by Crippen LogP contribution is 2.24. The molecule has 0 aliphatic heterocycles. The van der Waals surface area contributed by atoms with Gasteiger partial charge in [0.15, 0.2) is 0 Å². The van der Waals surface area contributed by atoms with Crippen molar-refractivity contribution in [2.45, 2.75) is 12.5 Å². The van der Waals surface area contributed by atoms with Crippen molar-refractivity contribution in [1.82, 2.24) is 0 Å². The Hall–Kier alpha value is -2.33. The van der Waals surface area contributed by atoms with Crippen molar-refractivity contribution in [2.75, 3.05) is 7.11 Å². The minimum Gasteiger partial charge on any atom is -0.497 e. The van der Waals surface area contributed by atoms with Gasteiger partial charge in [0.25, 0.3) is 0 Å². The number of benzene rings is 2. The fourth-order valence-electron chi connectivity index (χ4n) is 2.04. The third kappa shape index (κ3) is 3.36. The van der Waals surface area contributed by atoms with Crippen LogP contribution >= 0.6 is 0 Å². The SMILES string of the molecule is COc1ccc(-c2ccc(C(N)CC(N)=O)cc2)cc1. The first-order chi connectivity index (χ1) is 9.60. The maximum atomic E-state index is 10.9. The largest absolute Gasteiger partial charge is 0.497 e. The van der Waals surface area contributed by atoms with Crippen molar-refractivity contribution in [3.63, 3.8) is 0 Å². The van der Waals surface area contributed by atoms with E-state index in [1.807, 2.05) is 48.5 Å². The Bertz CT molecular complexity index is 576. The summed E-state index contributed by atoms with van der Waals surface area (Å²) in [6.07, 6.45) is 0.155. The Balaban J connectivity index is 2.16. The van der Waals surface area contributed by atoms with Crippen molar-refractivity contribution < 1.29 is 9.53 Å². The Labute approximate surface area is 118 Å². The van der Waals surface area contributed by atoms with Crippen molar-refractivity contribution >= 4 is 5.91 Å². The average molecular weight is 270 g/mol. The highest BCUT2D eigenvalue weighted by Gasteiger charge is 2.09. The molecule has 0 saturated carbocycles. The highest BCUT2D eigenvalue weighted by molar-refractivity contribution is 5.74. The maximum absolute atomic E-state index is 10.9. The summed E-state index contributed by atoms with van der Waals surface area (Å²) in [5, 5.41) is 0. The molecule has 1 amide bonds. The van der Waals surface area contributed by atoms with Crippen LogP contribution in [0.4, 0.5) is 0 Å².